The lowest BCUT2D eigenvalue weighted by Crippen LogP contribution is -2.45. The first-order valence-corrected chi connectivity index (χ1v) is 7.85. The van der Waals surface area contributed by atoms with Gasteiger partial charge in [-0.3, -0.25) is 0 Å². The van der Waals surface area contributed by atoms with E-state index in [-0.39, 0.29) is 10.8 Å². The summed E-state index contributed by atoms with van der Waals surface area (Å²) in [5, 5.41) is 10.9. The van der Waals surface area contributed by atoms with E-state index >= 15 is 0 Å². The molecule has 1 fully saturated rings. The van der Waals surface area contributed by atoms with E-state index in [0.717, 1.165) is 18.6 Å². The number of methoxy groups -OCH3 is 1. The van der Waals surface area contributed by atoms with E-state index in [0.29, 0.717) is 5.92 Å². The van der Waals surface area contributed by atoms with Gasteiger partial charge in [-0.25, -0.2) is 0 Å². The van der Waals surface area contributed by atoms with Gasteiger partial charge < -0.3 is 9.84 Å². The van der Waals surface area contributed by atoms with Gasteiger partial charge in [-0.1, -0.05) is 39.0 Å². The average Bonchev–Trinajstić information content (AvgIpc) is 2.79. The van der Waals surface area contributed by atoms with Gasteiger partial charge in [0.15, 0.2) is 0 Å². The molecule has 0 amide bonds. The smallest absolute Gasteiger partial charge is 0.118 e. The summed E-state index contributed by atoms with van der Waals surface area (Å²) in [6.07, 6.45) is 4.30. The number of fused-ring (bicyclic) bond motifs is 1. The van der Waals surface area contributed by atoms with E-state index in [4.69, 9.17) is 4.74 Å². The molecule has 4 atom stereocenters. The monoisotopic (exact) mass is 286 g/mol. The van der Waals surface area contributed by atoms with Crippen LogP contribution in [0.2, 0.25) is 0 Å². The van der Waals surface area contributed by atoms with Crippen LogP contribution >= 0.6 is 0 Å². The number of aliphatic hydroxyl groups is 1. The highest BCUT2D eigenvalue weighted by Crippen LogP contribution is 2.68. The fourth-order valence-electron chi connectivity index (χ4n) is 4.52. The number of rotatable bonds is 2. The molecule has 1 saturated carbocycles. The molecule has 0 unspecified atom stereocenters. The van der Waals surface area contributed by atoms with Gasteiger partial charge in [-0.2, -0.15) is 0 Å². The van der Waals surface area contributed by atoms with Crippen molar-refractivity contribution in [3.05, 3.63) is 35.9 Å². The minimum absolute atomic E-state index is 0.131. The summed E-state index contributed by atoms with van der Waals surface area (Å²) in [5.41, 5.74) is 1.96. The Morgan fingerprint density at radius 3 is 2.24 bits per heavy atom. The summed E-state index contributed by atoms with van der Waals surface area (Å²) in [6.45, 7) is 8.88. The summed E-state index contributed by atoms with van der Waals surface area (Å²) in [6, 6.07) is 8.28. The average molecular weight is 286 g/mol. The van der Waals surface area contributed by atoms with Crippen LogP contribution in [0.25, 0.3) is 5.57 Å². The van der Waals surface area contributed by atoms with Crippen molar-refractivity contribution in [2.45, 2.75) is 46.1 Å². The summed E-state index contributed by atoms with van der Waals surface area (Å²) >= 11 is 0. The first-order chi connectivity index (χ1) is 9.75. The van der Waals surface area contributed by atoms with Gasteiger partial charge in [0.2, 0.25) is 0 Å². The maximum Gasteiger partial charge on any atom is 0.118 e. The summed E-state index contributed by atoms with van der Waals surface area (Å²) < 4.78 is 5.25. The minimum atomic E-state index is -0.621. The van der Waals surface area contributed by atoms with E-state index < -0.39 is 5.60 Å². The van der Waals surface area contributed by atoms with Crippen molar-refractivity contribution in [3.8, 4) is 5.75 Å². The Labute approximate surface area is 127 Å². The zero-order chi connectivity index (χ0) is 15.5. The van der Waals surface area contributed by atoms with Crippen LogP contribution in [0.15, 0.2) is 30.3 Å². The van der Waals surface area contributed by atoms with Gasteiger partial charge >= 0.3 is 0 Å². The lowest BCUT2D eigenvalue weighted by Gasteiger charge is -2.43. The van der Waals surface area contributed by atoms with Crippen molar-refractivity contribution in [3.63, 3.8) is 0 Å². The number of benzene rings is 1. The Kier molecular flexibility index (Phi) is 3.04. The van der Waals surface area contributed by atoms with E-state index in [1.807, 2.05) is 19.1 Å². The van der Waals surface area contributed by atoms with Crippen LogP contribution in [0.1, 0.15) is 46.1 Å². The van der Waals surface area contributed by atoms with Gasteiger partial charge in [0.05, 0.1) is 12.7 Å². The third-order valence-electron chi connectivity index (χ3n) is 6.73. The zero-order valence-corrected chi connectivity index (χ0v) is 13.7. The fourth-order valence-corrected chi connectivity index (χ4v) is 4.52. The van der Waals surface area contributed by atoms with Gasteiger partial charge in [0, 0.05) is 5.41 Å². The van der Waals surface area contributed by atoms with Gasteiger partial charge in [-0.05, 0) is 54.4 Å². The number of hydrogen-bond acceptors (Lipinski definition) is 2. The van der Waals surface area contributed by atoms with Crippen molar-refractivity contribution in [1.82, 2.24) is 0 Å². The Balaban J connectivity index is 2.06. The van der Waals surface area contributed by atoms with Crippen molar-refractivity contribution in [2.24, 2.45) is 16.7 Å². The number of hydrogen-bond donors (Lipinski definition) is 1. The molecule has 0 bridgehead atoms. The number of allylic oxidation sites excluding steroid dienone is 1. The molecule has 0 spiro atoms. The molecular weight excluding hydrogens is 260 g/mol. The molecule has 1 aromatic carbocycles. The van der Waals surface area contributed by atoms with Crippen LogP contribution in [0.3, 0.4) is 0 Å². The molecule has 1 N–H and O–H groups in total. The second-order valence-corrected chi connectivity index (χ2v) is 7.44. The molecule has 2 aliphatic rings. The Bertz CT molecular complexity index is 584. The van der Waals surface area contributed by atoms with Crippen LogP contribution < -0.4 is 4.74 Å². The summed E-state index contributed by atoms with van der Waals surface area (Å²) in [5.74, 6) is 1.33. The topological polar surface area (TPSA) is 29.5 Å². The predicted molar refractivity (Wildman–Crippen MR) is 86.2 cm³/mol. The highest BCUT2D eigenvalue weighted by Gasteiger charge is 2.64. The highest BCUT2D eigenvalue weighted by atomic mass is 16.5. The molecule has 1 aromatic rings. The van der Waals surface area contributed by atoms with Crippen LogP contribution in [0, 0.1) is 16.7 Å². The lowest BCUT2D eigenvalue weighted by molar-refractivity contribution is -0.0498. The first kappa shape index (κ1) is 14.6. The molecular formula is C19H26O2. The molecule has 0 heterocycles. The second-order valence-electron chi connectivity index (χ2n) is 7.44. The Hall–Kier alpha value is -1.28. The zero-order valence-electron chi connectivity index (χ0n) is 13.7. The highest BCUT2D eigenvalue weighted by molar-refractivity contribution is 5.73. The van der Waals surface area contributed by atoms with E-state index in [1.165, 1.54) is 11.1 Å². The Morgan fingerprint density at radius 1 is 1.10 bits per heavy atom. The SMILES string of the molecule is COc1ccc(C2=C[C@@]3(C)[C@@](C)(O)CC[C@@]3(C)[C@@H]2C)cc1. The van der Waals surface area contributed by atoms with Crippen molar-refractivity contribution < 1.29 is 9.84 Å². The van der Waals surface area contributed by atoms with Crippen LogP contribution in [0.5, 0.6) is 5.75 Å². The van der Waals surface area contributed by atoms with E-state index in [2.05, 4.69) is 39.0 Å². The molecule has 0 radical (unpaired) electrons. The molecule has 21 heavy (non-hydrogen) atoms. The normalized spacial score (nSPS) is 41.8. The number of ether oxygens (including phenoxy) is 1. The molecule has 3 rings (SSSR count). The quantitative estimate of drug-likeness (QED) is 0.879. The third kappa shape index (κ3) is 1.75. The van der Waals surface area contributed by atoms with Crippen molar-refractivity contribution in [2.75, 3.05) is 7.11 Å². The largest absolute Gasteiger partial charge is 0.497 e. The van der Waals surface area contributed by atoms with Crippen molar-refractivity contribution >= 4 is 5.57 Å². The summed E-state index contributed by atoms with van der Waals surface area (Å²) in [4.78, 5) is 0. The second kappa shape index (κ2) is 4.36. The fraction of sp³-hybridized carbons (Fsp3) is 0.579. The van der Waals surface area contributed by atoms with E-state index in [1.54, 1.807) is 7.11 Å². The first-order valence-electron chi connectivity index (χ1n) is 7.85. The Morgan fingerprint density at radius 2 is 1.71 bits per heavy atom. The molecule has 0 aliphatic heterocycles. The molecule has 2 aliphatic carbocycles. The molecule has 114 valence electrons. The van der Waals surface area contributed by atoms with Gasteiger partial charge in [0.25, 0.3) is 0 Å². The standard InChI is InChI=1S/C19H26O2/c1-13-16(14-6-8-15(21-5)9-7-14)12-18(3)17(13,2)10-11-19(18,4)20/h6-9,12-13,20H,10-11H2,1-5H3/t13-,17+,18-,19+/m1/s1. The third-order valence-corrected chi connectivity index (χ3v) is 6.73. The maximum atomic E-state index is 10.9. The van der Waals surface area contributed by atoms with Gasteiger partial charge in [-0.15, -0.1) is 0 Å². The van der Waals surface area contributed by atoms with Crippen LogP contribution in [-0.2, 0) is 0 Å². The molecule has 2 nitrogen and oxygen atoms in total. The lowest BCUT2D eigenvalue weighted by atomic mass is 9.62. The minimum Gasteiger partial charge on any atom is -0.497 e. The predicted octanol–water partition coefficient (Wildman–Crippen LogP) is 4.29. The van der Waals surface area contributed by atoms with Gasteiger partial charge in [0.1, 0.15) is 5.75 Å². The molecule has 0 aromatic heterocycles. The molecule has 2 heteroatoms. The summed E-state index contributed by atoms with van der Waals surface area (Å²) in [7, 11) is 1.69. The van der Waals surface area contributed by atoms with Crippen LogP contribution in [-0.4, -0.2) is 17.8 Å². The van der Waals surface area contributed by atoms with Crippen LogP contribution in [0.4, 0.5) is 0 Å². The maximum absolute atomic E-state index is 10.9. The van der Waals surface area contributed by atoms with E-state index in [9.17, 15) is 5.11 Å². The molecule has 0 saturated heterocycles. The van der Waals surface area contributed by atoms with Crippen molar-refractivity contribution in [1.29, 1.82) is 0 Å².